The van der Waals surface area contributed by atoms with Crippen molar-refractivity contribution in [2.75, 3.05) is 13.2 Å². The van der Waals surface area contributed by atoms with Crippen LogP contribution in [0, 0.1) is 0 Å². The molecule has 0 rings (SSSR count). The molecule has 18 heavy (non-hydrogen) atoms. The average molecular weight is 259 g/mol. The molecule has 0 atom stereocenters. The van der Waals surface area contributed by atoms with Crippen molar-refractivity contribution in [2.45, 2.75) is 46.1 Å². The van der Waals surface area contributed by atoms with Gasteiger partial charge in [0.1, 0.15) is 13.2 Å². The van der Waals surface area contributed by atoms with Crippen molar-refractivity contribution in [1.29, 1.82) is 0 Å². The first-order valence-electron chi connectivity index (χ1n) is 6.14. The Morgan fingerprint density at radius 1 is 0.889 bits per heavy atom. The molecule has 0 aliphatic carbocycles. The predicted octanol–water partition coefficient (Wildman–Crippen LogP) is 0.788. The van der Waals surface area contributed by atoms with Crippen molar-refractivity contribution in [3.8, 4) is 0 Å². The molecular weight excluding hydrogens is 238 g/mol. The number of nitrogens with one attached hydrogen (secondary N) is 1. The summed E-state index contributed by atoms with van der Waals surface area (Å²) in [5, 5.41) is 2.63. The van der Waals surface area contributed by atoms with Gasteiger partial charge in [0.25, 0.3) is 0 Å². The van der Waals surface area contributed by atoms with E-state index in [1.807, 2.05) is 0 Å². The van der Waals surface area contributed by atoms with E-state index in [0.29, 0.717) is 6.42 Å². The lowest BCUT2D eigenvalue weighted by Crippen LogP contribution is -2.42. The van der Waals surface area contributed by atoms with E-state index in [4.69, 9.17) is 9.47 Å². The second-order valence-corrected chi connectivity index (χ2v) is 3.69. The average Bonchev–Trinajstić information content (AvgIpc) is 2.40. The van der Waals surface area contributed by atoms with Gasteiger partial charge in [0.15, 0.2) is 0 Å². The third-order valence-electron chi connectivity index (χ3n) is 2.15. The summed E-state index contributed by atoms with van der Waals surface area (Å²) < 4.78 is 9.84. The van der Waals surface area contributed by atoms with Crippen LogP contribution in [0.5, 0.6) is 0 Å². The van der Waals surface area contributed by atoms with Crippen LogP contribution in [-0.4, -0.2) is 37.1 Å². The van der Waals surface area contributed by atoms with Crippen LogP contribution in [0.15, 0.2) is 0 Å². The summed E-state index contributed by atoms with van der Waals surface area (Å²) in [6.07, 6.45) is 0.854. The molecule has 1 N–H and O–H groups in total. The van der Waals surface area contributed by atoms with Gasteiger partial charge >= 0.3 is 11.9 Å². The Hall–Kier alpha value is -1.59. The van der Waals surface area contributed by atoms with E-state index >= 15 is 0 Å². The third kappa shape index (κ3) is 7.65. The standard InChI is InChI=1S/C12H21NO5/c1-4-10(14)13-9(7-17-11(15)5-2)8-18-12(16)6-3/h9H,4-8H2,1-3H3,(H,13,14). The highest BCUT2D eigenvalue weighted by Crippen LogP contribution is 1.95. The zero-order valence-corrected chi connectivity index (χ0v) is 11.2. The van der Waals surface area contributed by atoms with Crippen molar-refractivity contribution in [1.82, 2.24) is 5.32 Å². The van der Waals surface area contributed by atoms with Crippen molar-refractivity contribution in [2.24, 2.45) is 0 Å². The van der Waals surface area contributed by atoms with Crippen LogP contribution in [0.2, 0.25) is 0 Å². The largest absolute Gasteiger partial charge is 0.463 e. The van der Waals surface area contributed by atoms with Gasteiger partial charge in [0.05, 0.1) is 6.04 Å². The number of rotatable bonds is 8. The number of carbonyl (C=O) groups is 3. The summed E-state index contributed by atoms with van der Waals surface area (Å²) >= 11 is 0. The van der Waals surface area contributed by atoms with Gasteiger partial charge in [-0.15, -0.1) is 0 Å². The fourth-order valence-electron chi connectivity index (χ4n) is 1.05. The van der Waals surface area contributed by atoms with Gasteiger partial charge in [-0.1, -0.05) is 20.8 Å². The van der Waals surface area contributed by atoms with Gasteiger partial charge in [0, 0.05) is 19.3 Å². The Balaban J connectivity index is 4.19. The van der Waals surface area contributed by atoms with Gasteiger partial charge in [-0.2, -0.15) is 0 Å². The summed E-state index contributed by atoms with van der Waals surface area (Å²) in [4.78, 5) is 33.3. The zero-order chi connectivity index (χ0) is 14.0. The molecule has 0 aromatic heterocycles. The lowest BCUT2D eigenvalue weighted by molar-refractivity contribution is -0.148. The molecule has 0 saturated carbocycles. The Morgan fingerprint density at radius 3 is 1.67 bits per heavy atom. The van der Waals surface area contributed by atoms with Gasteiger partial charge in [-0.25, -0.2) is 0 Å². The van der Waals surface area contributed by atoms with E-state index in [2.05, 4.69) is 5.32 Å². The first kappa shape index (κ1) is 16.4. The van der Waals surface area contributed by atoms with Gasteiger partial charge in [-0.05, 0) is 0 Å². The van der Waals surface area contributed by atoms with Crippen molar-refractivity contribution < 1.29 is 23.9 Å². The van der Waals surface area contributed by atoms with Crippen LogP contribution < -0.4 is 5.32 Å². The van der Waals surface area contributed by atoms with Crippen LogP contribution >= 0.6 is 0 Å². The maximum absolute atomic E-state index is 11.3. The molecule has 0 aliphatic heterocycles. The summed E-state index contributed by atoms with van der Waals surface area (Å²) in [5.74, 6) is -0.889. The lowest BCUT2D eigenvalue weighted by atomic mass is 10.3. The molecule has 0 aromatic rings. The minimum absolute atomic E-state index is 0.00933. The fraction of sp³-hybridized carbons (Fsp3) is 0.750. The van der Waals surface area contributed by atoms with Crippen molar-refractivity contribution >= 4 is 17.8 Å². The number of amides is 1. The molecule has 0 saturated heterocycles. The van der Waals surface area contributed by atoms with Crippen LogP contribution in [0.25, 0.3) is 0 Å². The van der Waals surface area contributed by atoms with E-state index in [0.717, 1.165) is 0 Å². The molecule has 104 valence electrons. The Morgan fingerprint density at radius 2 is 1.33 bits per heavy atom. The van der Waals surface area contributed by atoms with E-state index in [-0.39, 0.29) is 43.9 Å². The predicted molar refractivity (Wildman–Crippen MR) is 64.7 cm³/mol. The van der Waals surface area contributed by atoms with E-state index in [1.165, 1.54) is 0 Å². The Labute approximate surface area is 107 Å². The van der Waals surface area contributed by atoms with Gasteiger partial charge < -0.3 is 14.8 Å². The molecule has 0 unspecified atom stereocenters. The number of ether oxygens (including phenoxy) is 2. The second kappa shape index (κ2) is 9.44. The van der Waals surface area contributed by atoms with E-state index in [9.17, 15) is 14.4 Å². The van der Waals surface area contributed by atoms with Gasteiger partial charge in [-0.3, -0.25) is 14.4 Å². The maximum atomic E-state index is 11.3. The monoisotopic (exact) mass is 259 g/mol. The van der Waals surface area contributed by atoms with E-state index in [1.54, 1.807) is 20.8 Å². The number of carbonyl (C=O) groups excluding carboxylic acids is 3. The molecular formula is C12H21NO5. The highest BCUT2D eigenvalue weighted by atomic mass is 16.5. The Bertz CT molecular complexity index is 270. The molecule has 1 amide bonds. The van der Waals surface area contributed by atoms with Gasteiger partial charge in [0.2, 0.25) is 5.91 Å². The summed E-state index contributed by atoms with van der Waals surface area (Å²) in [6, 6.07) is -0.497. The summed E-state index contributed by atoms with van der Waals surface area (Å²) in [6.45, 7) is 5.09. The van der Waals surface area contributed by atoms with Crippen LogP contribution in [0.1, 0.15) is 40.0 Å². The molecule has 6 heteroatoms. The van der Waals surface area contributed by atoms with Crippen LogP contribution in [0.3, 0.4) is 0 Å². The molecule has 6 nitrogen and oxygen atoms in total. The summed E-state index contributed by atoms with van der Waals surface area (Å²) in [5.41, 5.74) is 0. The zero-order valence-electron chi connectivity index (χ0n) is 11.2. The fourth-order valence-corrected chi connectivity index (χ4v) is 1.05. The molecule has 0 bridgehead atoms. The van der Waals surface area contributed by atoms with E-state index < -0.39 is 6.04 Å². The third-order valence-corrected chi connectivity index (χ3v) is 2.15. The second-order valence-electron chi connectivity index (χ2n) is 3.69. The van der Waals surface area contributed by atoms with Crippen molar-refractivity contribution in [3.63, 3.8) is 0 Å². The smallest absolute Gasteiger partial charge is 0.305 e. The first-order chi connectivity index (χ1) is 8.53. The highest BCUT2D eigenvalue weighted by molar-refractivity contribution is 5.76. The Kier molecular flexibility index (Phi) is 8.61. The van der Waals surface area contributed by atoms with Crippen LogP contribution in [0.4, 0.5) is 0 Å². The number of hydrogen-bond acceptors (Lipinski definition) is 5. The maximum Gasteiger partial charge on any atom is 0.305 e. The topological polar surface area (TPSA) is 81.7 Å². The SMILES string of the molecule is CCC(=O)NC(COC(=O)CC)COC(=O)CC. The lowest BCUT2D eigenvalue weighted by Gasteiger charge is -2.18. The molecule has 0 aromatic carbocycles. The molecule has 0 aliphatic rings. The number of hydrogen-bond donors (Lipinski definition) is 1. The minimum Gasteiger partial charge on any atom is -0.463 e. The highest BCUT2D eigenvalue weighted by Gasteiger charge is 2.15. The van der Waals surface area contributed by atoms with Crippen LogP contribution in [-0.2, 0) is 23.9 Å². The minimum atomic E-state index is -0.497. The number of esters is 2. The normalized spacial score (nSPS) is 10.0. The molecule has 0 fully saturated rings. The molecule has 0 spiro atoms. The first-order valence-corrected chi connectivity index (χ1v) is 6.14. The quantitative estimate of drug-likeness (QED) is 0.652. The molecule has 0 radical (unpaired) electrons. The summed E-state index contributed by atoms with van der Waals surface area (Å²) in [7, 11) is 0. The van der Waals surface area contributed by atoms with Crippen molar-refractivity contribution in [3.05, 3.63) is 0 Å². The molecule has 0 heterocycles.